The van der Waals surface area contributed by atoms with E-state index in [0.29, 0.717) is 5.95 Å². The van der Waals surface area contributed by atoms with E-state index in [9.17, 15) is 0 Å². The molecule has 0 amide bonds. The minimum Gasteiger partial charge on any atom is -0.423 e. The molecule has 18 heavy (non-hydrogen) atoms. The van der Waals surface area contributed by atoms with E-state index in [-0.39, 0.29) is 0 Å². The Bertz CT molecular complexity index is 381. The number of hydrogen-bond acceptors (Lipinski definition) is 2. The molecule has 1 aliphatic rings. The van der Waals surface area contributed by atoms with E-state index in [2.05, 4.69) is 6.92 Å². The standard InChI is InChI=1S/C15H23NO2/c1-3-5-6-7-8-9-10-13-14-11-12-16(13)18-15(4-2)17-14/h4,11-12H,3,5-10H2,1-2H3/b15-4-. The minimum absolute atomic E-state index is 0.571. The van der Waals surface area contributed by atoms with Gasteiger partial charge in [-0.3, -0.25) is 0 Å². The SMILES string of the molecule is C/C=C1/Oc2ccn(c2CCCCCCCC)O1. The maximum Gasteiger partial charge on any atom is 0.308 e. The lowest BCUT2D eigenvalue weighted by Gasteiger charge is -2.19. The van der Waals surface area contributed by atoms with Crippen LogP contribution in [-0.2, 0) is 6.42 Å². The molecule has 2 heterocycles. The van der Waals surface area contributed by atoms with Crippen LogP contribution in [0.5, 0.6) is 5.75 Å². The maximum atomic E-state index is 5.62. The number of ether oxygens (including phenoxy) is 1. The third-order valence-corrected chi connectivity index (χ3v) is 3.31. The molecule has 1 aliphatic heterocycles. The number of aromatic nitrogens is 1. The van der Waals surface area contributed by atoms with E-state index in [1.54, 1.807) is 0 Å². The smallest absolute Gasteiger partial charge is 0.308 e. The van der Waals surface area contributed by atoms with Crippen molar-refractivity contribution in [3.05, 3.63) is 30.0 Å². The van der Waals surface area contributed by atoms with Gasteiger partial charge in [0, 0.05) is 12.3 Å². The van der Waals surface area contributed by atoms with Gasteiger partial charge in [0.1, 0.15) is 5.69 Å². The summed E-state index contributed by atoms with van der Waals surface area (Å²) in [5, 5.41) is 0. The van der Waals surface area contributed by atoms with Crippen LogP contribution in [0.25, 0.3) is 0 Å². The summed E-state index contributed by atoms with van der Waals surface area (Å²) in [4.78, 5) is 5.56. The van der Waals surface area contributed by atoms with Crippen molar-refractivity contribution in [3.63, 3.8) is 0 Å². The van der Waals surface area contributed by atoms with Crippen molar-refractivity contribution < 1.29 is 9.57 Å². The summed E-state index contributed by atoms with van der Waals surface area (Å²) >= 11 is 0. The van der Waals surface area contributed by atoms with Gasteiger partial charge in [0.05, 0.1) is 0 Å². The molecule has 0 N–H and O–H groups in total. The highest BCUT2D eigenvalue weighted by atomic mass is 16.8. The molecule has 2 bridgehead atoms. The number of unbranched alkanes of at least 4 members (excludes halogenated alkanes) is 5. The predicted molar refractivity (Wildman–Crippen MR) is 72.5 cm³/mol. The van der Waals surface area contributed by atoms with Crippen LogP contribution in [0.1, 0.15) is 58.1 Å². The van der Waals surface area contributed by atoms with Gasteiger partial charge in [0.25, 0.3) is 0 Å². The van der Waals surface area contributed by atoms with Gasteiger partial charge in [-0.15, -0.1) is 0 Å². The largest absolute Gasteiger partial charge is 0.423 e. The van der Waals surface area contributed by atoms with Crippen molar-refractivity contribution in [2.45, 2.75) is 58.8 Å². The highest BCUT2D eigenvalue weighted by molar-refractivity contribution is 5.32. The molecule has 1 aromatic heterocycles. The molecule has 0 saturated heterocycles. The van der Waals surface area contributed by atoms with Crippen molar-refractivity contribution in [2.75, 3.05) is 0 Å². The third-order valence-electron chi connectivity index (χ3n) is 3.31. The van der Waals surface area contributed by atoms with E-state index in [0.717, 1.165) is 17.9 Å². The van der Waals surface area contributed by atoms with E-state index in [1.165, 1.54) is 38.5 Å². The van der Waals surface area contributed by atoms with Crippen molar-refractivity contribution in [3.8, 4) is 5.75 Å². The van der Waals surface area contributed by atoms with Crippen LogP contribution in [0.4, 0.5) is 0 Å². The summed E-state index contributed by atoms with van der Waals surface area (Å²) in [5.41, 5.74) is 1.16. The van der Waals surface area contributed by atoms with Gasteiger partial charge in [0.2, 0.25) is 0 Å². The summed E-state index contributed by atoms with van der Waals surface area (Å²) < 4.78 is 7.46. The molecule has 100 valence electrons. The van der Waals surface area contributed by atoms with Gasteiger partial charge in [-0.25, -0.2) is 0 Å². The van der Waals surface area contributed by atoms with Crippen LogP contribution < -0.4 is 9.57 Å². The van der Waals surface area contributed by atoms with Crippen LogP contribution in [-0.4, -0.2) is 4.73 Å². The summed E-state index contributed by atoms with van der Waals surface area (Å²) in [6.45, 7) is 4.16. The second kappa shape index (κ2) is 6.53. The first-order valence-corrected chi connectivity index (χ1v) is 7.08. The fourth-order valence-corrected chi connectivity index (χ4v) is 2.25. The summed E-state index contributed by atoms with van der Waals surface area (Å²) in [6.07, 6.45) is 12.7. The number of allylic oxidation sites excluding steroid dienone is 1. The van der Waals surface area contributed by atoms with Crippen LogP contribution in [0, 0.1) is 0 Å². The Hall–Kier alpha value is -1.38. The molecule has 0 atom stereocenters. The first-order chi connectivity index (χ1) is 8.85. The maximum absolute atomic E-state index is 5.62. The van der Waals surface area contributed by atoms with E-state index in [4.69, 9.17) is 9.57 Å². The molecule has 3 heteroatoms. The predicted octanol–water partition coefficient (Wildman–Crippen LogP) is 4.07. The molecule has 0 aromatic carbocycles. The zero-order valence-corrected chi connectivity index (χ0v) is 11.4. The van der Waals surface area contributed by atoms with Gasteiger partial charge in [0.15, 0.2) is 5.75 Å². The second-order valence-corrected chi connectivity index (χ2v) is 4.77. The lowest BCUT2D eigenvalue weighted by Crippen LogP contribution is -2.21. The Morgan fingerprint density at radius 1 is 1.17 bits per heavy atom. The third kappa shape index (κ3) is 3.09. The molecule has 0 unspecified atom stereocenters. The number of rotatable bonds is 7. The molecule has 0 spiro atoms. The first-order valence-electron chi connectivity index (χ1n) is 7.08. The molecule has 2 rings (SSSR count). The van der Waals surface area contributed by atoms with Crippen LogP contribution in [0.2, 0.25) is 0 Å². The van der Waals surface area contributed by atoms with Gasteiger partial charge >= 0.3 is 5.95 Å². The molecule has 1 aromatic rings. The highest BCUT2D eigenvalue weighted by Gasteiger charge is 2.19. The molecule has 0 saturated carbocycles. The summed E-state index contributed by atoms with van der Waals surface area (Å²) in [7, 11) is 0. The number of nitrogens with zero attached hydrogens (tertiary/aromatic N) is 1. The van der Waals surface area contributed by atoms with Gasteiger partial charge in [-0.2, -0.15) is 4.73 Å². The molecule has 0 fully saturated rings. The minimum atomic E-state index is 0.571. The quantitative estimate of drug-likeness (QED) is 0.680. The average Bonchev–Trinajstić information content (AvgIpc) is 2.63. The van der Waals surface area contributed by atoms with Crippen molar-refractivity contribution in [1.82, 2.24) is 4.73 Å². The van der Waals surface area contributed by atoms with E-state index in [1.807, 2.05) is 30.0 Å². The Morgan fingerprint density at radius 3 is 2.67 bits per heavy atom. The van der Waals surface area contributed by atoms with Crippen LogP contribution in [0.15, 0.2) is 24.3 Å². The lowest BCUT2D eigenvalue weighted by molar-refractivity contribution is 0.0652. The molecule has 0 aliphatic carbocycles. The summed E-state index contributed by atoms with van der Waals surface area (Å²) in [6, 6.07) is 1.98. The molecular formula is C15H23NO2. The fraction of sp³-hybridized carbons (Fsp3) is 0.600. The molecule has 3 nitrogen and oxygen atoms in total. The van der Waals surface area contributed by atoms with Crippen molar-refractivity contribution in [1.29, 1.82) is 0 Å². The Kier molecular flexibility index (Phi) is 4.73. The lowest BCUT2D eigenvalue weighted by atomic mass is 10.1. The highest BCUT2D eigenvalue weighted by Crippen LogP contribution is 2.27. The van der Waals surface area contributed by atoms with Gasteiger partial charge < -0.3 is 9.57 Å². The van der Waals surface area contributed by atoms with E-state index < -0.39 is 0 Å². The van der Waals surface area contributed by atoms with Crippen molar-refractivity contribution in [2.24, 2.45) is 0 Å². The monoisotopic (exact) mass is 249 g/mol. The molecular weight excluding hydrogens is 226 g/mol. The Balaban J connectivity index is 1.77. The first kappa shape index (κ1) is 13.1. The summed E-state index contributed by atoms with van der Waals surface area (Å²) in [5.74, 6) is 1.52. The Labute approximate surface area is 109 Å². The van der Waals surface area contributed by atoms with Crippen LogP contribution >= 0.6 is 0 Å². The normalized spacial score (nSPS) is 15.6. The fourth-order valence-electron chi connectivity index (χ4n) is 2.25. The topological polar surface area (TPSA) is 23.4 Å². The number of fused-ring (bicyclic) bond motifs is 2. The zero-order chi connectivity index (χ0) is 12.8. The van der Waals surface area contributed by atoms with Crippen molar-refractivity contribution >= 4 is 0 Å². The van der Waals surface area contributed by atoms with E-state index >= 15 is 0 Å². The van der Waals surface area contributed by atoms with Crippen LogP contribution in [0.3, 0.4) is 0 Å². The Morgan fingerprint density at radius 2 is 1.94 bits per heavy atom. The average molecular weight is 249 g/mol. The number of hydrogen-bond donors (Lipinski definition) is 0. The van der Waals surface area contributed by atoms with Gasteiger partial charge in [-0.1, -0.05) is 39.0 Å². The van der Waals surface area contributed by atoms with Gasteiger partial charge in [-0.05, 0) is 25.8 Å². The molecule has 0 radical (unpaired) electrons. The zero-order valence-electron chi connectivity index (χ0n) is 11.4. The second-order valence-electron chi connectivity index (χ2n) is 4.77.